The average Bonchev–Trinajstić information content (AvgIpc) is 3.12. The Hall–Kier alpha value is -1.96. The molecule has 0 saturated carbocycles. The van der Waals surface area contributed by atoms with Gasteiger partial charge in [-0.15, -0.1) is 24.8 Å². The van der Waals surface area contributed by atoms with Gasteiger partial charge in [0.05, 0.1) is 26.4 Å². The van der Waals surface area contributed by atoms with E-state index in [4.69, 9.17) is 9.47 Å². The highest BCUT2D eigenvalue weighted by atomic mass is 35.5. The topological polar surface area (TPSA) is 69.8 Å². The van der Waals surface area contributed by atoms with Gasteiger partial charge < -0.3 is 24.9 Å². The number of aliphatic hydroxyl groups excluding tert-OH is 1. The first-order valence-electron chi connectivity index (χ1n) is 10.0. The van der Waals surface area contributed by atoms with E-state index in [-0.39, 0.29) is 30.9 Å². The van der Waals surface area contributed by atoms with Crippen molar-refractivity contribution in [3.05, 3.63) is 59.3 Å². The third-order valence-electron chi connectivity index (χ3n) is 5.74. The van der Waals surface area contributed by atoms with E-state index in [9.17, 15) is 5.11 Å². The molecule has 2 aromatic carbocycles. The van der Waals surface area contributed by atoms with Gasteiger partial charge in [-0.05, 0) is 42.8 Å². The molecule has 0 saturated heterocycles. The Labute approximate surface area is 195 Å². The lowest BCUT2D eigenvalue weighted by Crippen LogP contribution is -2.43. The lowest BCUT2D eigenvalue weighted by molar-refractivity contribution is 0.0919. The molecular formula is C23H31Cl2N3O3. The molecule has 0 spiro atoms. The van der Waals surface area contributed by atoms with Crippen LogP contribution in [0.2, 0.25) is 0 Å². The second-order valence-electron chi connectivity index (χ2n) is 7.54. The normalized spacial score (nSPS) is 16.7. The van der Waals surface area contributed by atoms with Crippen molar-refractivity contribution in [1.29, 1.82) is 0 Å². The van der Waals surface area contributed by atoms with Crippen LogP contribution in [-0.2, 0) is 6.42 Å². The monoisotopic (exact) mass is 467 g/mol. The molecule has 3 aromatic rings. The molecule has 0 radical (unpaired) electrons. The number of likely N-dealkylation sites (N-methyl/N-ethyl adjacent to an activating group) is 1. The van der Waals surface area contributed by atoms with E-state index in [1.165, 1.54) is 16.6 Å². The standard InChI is InChI=1S/C23H29N3O3.2ClH/c1-24-13-16(27)14-26-11-10-18-17-6-4-5-7-19(17)25-22(18)23(26)15-8-9-20(28-2)21(12-15)29-3;;/h4-9,12,16,23-25,27H,10-11,13-14H2,1-3H3;2*1H. The number of para-hydroxylation sites is 1. The second kappa shape index (κ2) is 11.1. The summed E-state index contributed by atoms with van der Waals surface area (Å²) in [5.74, 6) is 1.43. The maximum atomic E-state index is 10.5. The third kappa shape index (κ3) is 4.94. The van der Waals surface area contributed by atoms with Gasteiger partial charge in [-0.25, -0.2) is 0 Å². The number of benzene rings is 2. The highest BCUT2D eigenvalue weighted by Crippen LogP contribution is 2.40. The summed E-state index contributed by atoms with van der Waals surface area (Å²) in [6.45, 7) is 2.04. The molecule has 2 atom stereocenters. The number of fused-ring (bicyclic) bond motifs is 3. The van der Waals surface area contributed by atoms with Gasteiger partial charge in [0, 0.05) is 36.2 Å². The van der Waals surface area contributed by atoms with Crippen LogP contribution < -0.4 is 14.8 Å². The van der Waals surface area contributed by atoms with E-state index in [2.05, 4.69) is 45.5 Å². The molecule has 0 fully saturated rings. The van der Waals surface area contributed by atoms with Gasteiger partial charge in [-0.2, -0.15) is 0 Å². The second-order valence-corrected chi connectivity index (χ2v) is 7.54. The van der Waals surface area contributed by atoms with Crippen molar-refractivity contribution in [2.75, 3.05) is 40.9 Å². The lowest BCUT2D eigenvalue weighted by atomic mass is 9.92. The van der Waals surface area contributed by atoms with E-state index in [1.807, 2.05) is 19.2 Å². The van der Waals surface area contributed by atoms with Gasteiger partial charge in [0.25, 0.3) is 0 Å². The first-order chi connectivity index (χ1) is 14.2. The minimum absolute atomic E-state index is 0. The molecule has 1 aliphatic heterocycles. The zero-order chi connectivity index (χ0) is 20.4. The van der Waals surface area contributed by atoms with Crippen LogP contribution in [0.15, 0.2) is 42.5 Å². The Morgan fingerprint density at radius 3 is 2.58 bits per heavy atom. The predicted molar refractivity (Wildman–Crippen MR) is 129 cm³/mol. The van der Waals surface area contributed by atoms with E-state index < -0.39 is 6.10 Å². The number of hydrogen-bond acceptors (Lipinski definition) is 5. The Morgan fingerprint density at radius 2 is 1.87 bits per heavy atom. The fourth-order valence-electron chi connectivity index (χ4n) is 4.46. The van der Waals surface area contributed by atoms with Crippen molar-refractivity contribution in [2.45, 2.75) is 18.6 Å². The molecule has 1 aromatic heterocycles. The first kappa shape index (κ1) is 25.3. The SMILES string of the molecule is CNCC(O)CN1CCc2c([nH]c3ccccc23)C1c1ccc(OC)c(OC)c1.Cl.Cl. The zero-order valence-electron chi connectivity index (χ0n) is 18.1. The average molecular weight is 468 g/mol. The van der Waals surface area contributed by atoms with Crippen LogP contribution in [0.1, 0.15) is 22.9 Å². The number of halogens is 2. The first-order valence-corrected chi connectivity index (χ1v) is 10.0. The molecule has 0 bridgehead atoms. The summed E-state index contributed by atoms with van der Waals surface area (Å²) in [5, 5.41) is 14.8. The van der Waals surface area contributed by atoms with E-state index in [1.54, 1.807) is 14.2 Å². The summed E-state index contributed by atoms with van der Waals surface area (Å²) >= 11 is 0. The van der Waals surface area contributed by atoms with Gasteiger partial charge >= 0.3 is 0 Å². The number of methoxy groups -OCH3 is 2. The molecule has 2 unspecified atom stereocenters. The Balaban J connectivity index is 0.00000171. The van der Waals surface area contributed by atoms with Crippen molar-refractivity contribution in [1.82, 2.24) is 15.2 Å². The zero-order valence-corrected chi connectivity index (χ0v) is 19.7. The molecule has 6 nitrogen and oxygen atoms in total. The van der Waals surface area contributed by atoms with Gasteiger partial charge in [0.15, 0.2) is 11.5 Å². The van der Waals surface area contributed by atoms with Crippen molar-refractivity contribution in [2.24, 2.45) is 0 Å². The van der Waals surface area contributed by atoms with E-state index >= 15 is 0 Å². The van der Waals surface area contributed by atoms with Gasteiger partial charge in [-0.1, -0.05) is 24.3 Å². The van der Waals surface area contributed by atoms with Crippen molar-refractivity contribution >= 4 is 35.7 Å². The van der Waals surface area contributed by atoms with E-state index in [0.717, 1.165) is 24.0 Å². The minimum Gasteiger partial charge on any atom is -0.493 e. The minimum atomic E-state index is -0.437. The fraction of sp³-hybridized carbons (Fsp3) is 0.391. The number of nitrogens with zero attached hydrogens (tertiary/aromatic N) is 1. The molecule has 0 amide bonds. The Kier molecular flexibility index (Phi) is 9.03. The largest absolute Gasteiger partial charge is 0.493 e. The van der Waals surface area contributed by atoms with Crippen molar-refractivity contribution in [3.8, 4) is 11.5 Å². The summed E-state index contributed by atoms with van der Waals surface area (Å²) in [6.07, 6.45) is 0.517. The number of aromatic nitrogens is 1. The molecular weight excluding hydrogens is 437 g/mol. The van der Waals surface area contributed by atoms with Gasteiger partial charge in [-0.3, -0.25) is 4.90 Å². The molecule has 2 heterocycles. The lowest BCUT2D eigenvalue weighted by Gasteiger charge is -2.37. The summed E-state index contributed by atoms with van der Waals surface area (Å²) in [5.41, 5.74) is 4.83. The van der Waals surface area contributed by atoms with Crippen LogP contribution in [0.4, 0.5) is 0 Å². The molecule has 3 N–H and O–H groups in total. The number of hydrogen-bond donors (Lipinski definition) is 3. The predicted octanol–water partition coefficient (Wildman–Crippen LogP) is 3.56. The fourth-order valence-corrected chi connectivity index (χ4v) is 4.46. The molecule has 1 aliphatic rings. The van der Waals surface area contributed by atoms with Crippen LogP contribution in [0.25, 0.3) is 10.9 Å². The Morgan fingerprint density at radius 1 is 1.13 bits per heavy atom. The molecule has 4 rings (SSSR count). The van der Waals surface area contributed by atoms with Crippen LogP contribution in [-0.4, -0.2) is 62.0 Å². The summed E-state index contributed by atoms with van der Waals surface area (Å²) < 4.78 is 11.0. The Bertz CT molecular complexity index is 995. The number of ether oxygens (including phenoxy) is 2. The van der Waals surface area contributed by atoms with Gasteiger partial charge in [0.1, 0.15) is 0 Å². The van der Waals surface area contributed by atoms with Crippen LogP contribution in [0.5, 0.6) is 11.5 Å². The number of aromatic amines is 1. The maximum absolute atomic E-state index is 10.5. The summed E-state index contributed by atoms with van der Waals surface area (Å²) in [6, 6.07) is 14.5. The number of H-pyrrole nitrogens is 1. The number of nitrogens with one attached hydrogen (secondary N) is 2. The molecule has 31 heavy (non-hydrogen) atoms. The van der Waals surface area contributed by atoms with Crippen molar-refractivity contribution < 1.29 is 14.6 Å². The number of rotatable bonds is 7. The van der Waals surface area contributed by atoms with Crippen molar-refractivity contribution in [3.63, 3.8) is 0 Å². The molecule has 170 valence electrons. The highest BCUT2D eigenvalue weighted by Gasteiger charge is 2.33. The molecule has 0 aliphatic carbocycles. The maximum Gasteiger partial charge on any atom is 0.161 e. The van der Waals surface area contributed by atoms with Crippen LogP contribution in [0, 0.1) is 0 Å². The van der Waals surface area contributed by atoms with Crippen LogP contribution in [0.3, 0.4) is 0 Å². The number of β-amino-alcohol motifs (C(OH)–C–C–N with tert-alkyl or cyclic N) is 1. The quantitative estimate of drug-likeness (QED) is 0.495. The van der Waals surface area contributed by atoms with Gasteiger partial charge in [0.2, 0.25) is 0 Å². The number of aliphatic hydroxyl groups is 1. The smallest absolute Gasteiger partial charge is 0.161 e. The van der Waals surface area contributed by atoms with Crippen LogP contribution >= 0.6 is 24.8 Å². The summed E-state index contributed by atoms with van der Waals surface area (Å²) in [7, 11) is 5.17. The van der Waals surface area contributed by atoms with E-state index in [0.29, 0.717) is 24.6 Å². The highest BCUT2D eigenvalue weighted by molar-refractivity contribution is 5.86. The summed E-state index contributed by atoms with van der Waals surface area (Å²) in [4.78, 5) is 6.00. The molecule has 8 heteroatoms. The third-order valence-corrected chi connectivity index (χ3v) is 5.74.